The molecule has 2 aromatic heterocycles. The number of aromatic amines is 1. The Hall–Kier alpha value is -3.22. The third-order valence-electron chi connectivity index (χ3n) is 6.45. The Balaban J connectivity index is 1.23. The maximum Gasteiger partial charge on any atom is 0.123 e. The third kappa shape index (κ3) is 4.66. The van der Waals surface area contributed by atoms with E-state index in [9.17, 15) is 0 Å². The number of piperazine rings is 1. The molecule has 6 nitrogen and oxygen atoms in total. The van der Waals surface area contributed by atoms with Gasteiger partial charge in [0.15, 0.2) is 0 Å². The lowest BCUT2D eigenvalue weighted by Gasteiger charge is -2.34. The van der Waals surface area contributed by atoms with Gasteiger partial charge in [-0.05, 0) is 66.4 Å². The maximum atomic E-state index is 5.83. The van der Waals surface area contributed by atoms with Gasteiger partial charge in [-0.25, -0.2) is 4.98 Å². The molecular formula is C26H30N6. The molecule has 0 amide bonds. The number of pyridine rings is 1. The molecule has 1 atom stereocenters. The van der Waals surface area contributed by atoms with Crippen molar-refractivity contribution >= 4 is 22.8 Å². The van der Waals surface area contributed by atoms with Crippen molar-refractivity contribution in [1.29, 1.82) is 0 Å². The summed E-state index contributed by atoms with van der Waals surface area (Å²) in [6.45, 7) is 5.87. The zero-order valence-electron chi connectivity index (χ0n) is 18.5. The minimum atomic E-state index is 0.524. The molecule has 3 heterocycles. The van der Waals surface area contributed by atoms with Gasteiger partial charge in [-0.3, -0.25) is 5.10 Å². The number of fused-ring (bicyclic) bond motifs is 1. The van der Waals surface area contributed by atoms with Gasteiger partial charge in [0.25, 0.3) is 0 Å². The van der Waals surface area contributed by atoms with E-state index in [-0.39, 0.29) is 0 Å². The maximum absolute atomic E-state index is 5.83. The summed E-state index contributed by atoms with van der Waals surface area (Å²) >= 11 is 0. The van der Waals surface area contributed by atoms with Gasteiger partial charge >= 0.3 is 0 Å². The van der Waals surface area contributed by atoms with Crippen LogP contribution in [-0.4, -0.2) is 64.8 Å². The Morgan fingerprint density at radius 2 is 1.94 bits per heavy atom. The fourth-order valence-electron chi connectivity index (χ4n) is 4.45. The number of allylic oxidation sites excluding steroid dienone is 4. The molecule has 5 rings (SSSR count). The van der Waals surface area contributed by atoms with Crippen molar-refractivity contribution in [2.45, 2.75) is 6.42 Å². The van der Waals surface area contributed by atoms with Crippen LogP contribution in [0.3, 0.4) is 0 Å². The molecule has 0 radical (unpaired) electrons. The lowest BCUT2D eigenvalue weighted by molar-refractivity contribution is 0.143. The van der Waals surface area contributed by atoms with Crippen LogP contribution in [-0.2, 0) is 0 Å². The van der Waals surface area contributed by atoms with E-state index < -0.39 is 0 Å². The summed E-state index contributed by atoms with van der Waals surface area (Å²) in [7, 11) is 2.21. The van der Waals surface area contributed by atoms with Gasteiger partial charge in [0.05, 0.1) is 11.2 Å². The number of hydrogen-bond acceptors (Lipinski definition) is 5. The largest absolute Gasteiger partial charge is 0.384 e. The van der Waals surface area contributed by atoms with Crippen molar-refractivity contribution in [2.75, 3.05) is 45.5 Å². The summed E-state index contributed by atoms with van der Waals surface area (Å²) in [4.78, 5) is 9.07. The highest BCUT2D eigenvalue weighted by atomic mass is 15.2. The van der Waals surface area contributed by atoms with E-state index in [1.54, 1.807) is 6.20 Å². The first-order chi connectivity index (χ1) is 15.6. The number of likely N-dealkylation sites (N-methyl/N-ethyl adjacent to an activating group) is 1. The van der Waals surface area contributed by atoms with E-state index in [4.69, 9.17) is 5.73 Å². The monoisotopic (exact) mass is 426 g/mol. The van der Waals surface area contributed by atoms with Gasteiger partial charge in [-0.1, -0.05) is 30.4 Å². The second-order valence-electron chi connectivity index (χ2n) is 8.83. The lowest BCUT2D eigenvalue weighted by Crippen LogP contribution is -2.45. The van der Waals surface area contributed by atoms with Crippen molar-refractivity contribution in [3.8, 4) is 11.1 Å². The number of rotatable bonds is 5. The Morgan fingerprint density at radius 3 is 2.72 bits per heavy atom. The number of nitrogen functional groups attached to an aromatic ring is 1. The number of nitrogens with zero attached hydrogens (tertiary/aromatic N) is 4. The molecular weight excluding hydrogens is 396 g/mol. The Morgan fingerprint density at radius 1 is 1.09 bits per heavy atom. The third-order valence-corrected chi connectivity index (χ3v) is 6.45. The van der Waals surface area contributed by atoms with Crippen LogP contribution in [0, 0.1) is 5.92 Å². The molecule has 3 aromatic rings. The topological polar surface area (TPSA) is 74.1 Å². The highest BCUT2D eigenvalue weighted by Crippen LogP contribution is 2.27. The van der Waals surface area contributed by atoms with Gasteiger partial charge in [0, 0.05) is 44.3 Å². The van der Waals surface area contributed by atoms with Crippen LogP contribution in [0.25, 0.3) is 28.1 Å². The van der Waals surface area contributed by atoms with Gasteiger partial charge in [-0.2, -0.15) is 5.10 Å². The summed E-state index contributed by atoms with van der Waals surface area (Å²) in [6, 6.07) is 10.2. The number of H-pyrrole nitrogens is 1. The fourth-order valence-corrected chi connectivity index (χ4v) is 4.45. The first kappa shape index (κ1) is 20.7. The Kier molecular flexibility index (Phi) is 5.88. The van der Waals surface area contributed by atoms with Crippen molar-refractivity contribution < 1.29 is 0 Å². The zero-order valence-corrected chi connectivity index (χ0v) is 18.5. The summed E-state index contributed by atoms with van der Waals surface area (Å²) < 4.78 is 0. The van der Waals surface area contributed by atoms with E-state index in [1.165, 1.54) is 31.8 Å². The van der Waals surface area contributed by atoms with Crippen molar-refractivity contribution in [1.82, 2.24) is 25.0 Å². The summed E-state index contributed by atoms with van der Waals surface area (Å²) in [5, 5.41) is 8.79. The predicted molar refractivity (Wildman–Crippen MR) is 132 cm³/mol. The van der Waals surface area contributed by atoms with E-state index in [0.717, 1.165) is 40.7 Å². The number of nitrogens with two attached hydrogens (primary N) is 1. The minimum absolute atomic E-state index is 0.524. The molecule has 1 unspecified atom stereocenters. The minimum Gasteiger partial charge on any atom is -0.384 e. The van der Waals surface area contributed by atoms with Gasteiger partial charge < -0.3 is 15.5 Å². The van der Waals surface area contributed by atoms with Crippen LogP contribution in [0.4, 0.5) is 5.82 Å². The Bertz CT molecular complexity index is 1180. The number of hydrogen-bond donors (Lipinski definition) is 2. The highest BCUT2D eigenvalue weighted by Gasteiger charge is 2.17. The zero-order chi connectivity index (χ0) is 21.9. The molecule has 1 aromatic carbocycles. The Labute approximate surface area is 189 Å². The van der Waals surface area contributed by atoms with Crippen LogP contribution >= 0.6 is 0 Å². The number of anilines is 1. The van der Waals surface area contributed by atoms with E-state index in [2.05, 4.69) is 80.6 Å². The van der Waals surface area contributed by atoms with Gasteiger partial charge in [-0.15, -0.1) is 0 Å². The lowest BCUT2D eigenvalue weighted by atomic mass is 9.95. The highest BCUT2D eigenvalue weighted by molar-refractivity contribution is 5.90. The van der Waals surface area contributed by atoms with Crippen molar-refractivity contribution in [3.05, 3.63) is 72.1 Å². The van der Waals surface area contributed by atoms with Crippen molar-refractivity contribution in [3.63, 3.8) is 0 Å². The van der Waals surface area contributed by atoms with Crippen LogP contribution in [0.2, 0.25) is 0 Å². The number of benzene rings is 1. The molecule has 0 bridgehead atoms. The first-order valence-electron chi connectivity index (χ1n) is 11.3. The fraction of sp³-hybridized carbons (Fsp3) is 0.308. The smallest absolute Gasteiger partial charge is 0.123 e. The van der Waals surface area contributed by atoms with Crippen LogP contribution < -0.4 is 5.73 Å². The molecule has 3 N–H and O–H groups in total. The average Bonchev–Trinajstić information content (AvgIpc) is 3.22. The molecule has 6 heteroatoms. The molecule has 2 aliphatic rings. The molecule has 32 heavy (non-hydrogen) atoms. The molecule has 1 aliphatic heterocycles. The average molecular weight is 427 g/mol. The van der Waals surface area contributed by atoms with Crippen molar-refractivity contribution in [2.24, 2.45) is 5.92 Å². The van der Waals surface area contributed by atoms with Gasteiger partial charge in [0.2, 0.25) is 0 Å². The summed E-state index contributed by atoms with van der Waals surface area (Å²) in [5.41, 5.74) is 11.2. The molecule has 1 fully saturated rings. The van der Waals surface area contributed by atoms with E-state index in [1.807, 2.05) is 12.1 Å². The normalized spacial score (nSPS) is 20.3. The number of nitrogens with one attached hydrogen (secondary N) is 1. The van der Waals surface area contributed by atoms with Crippen LogP contribution in [0.5, 0.6) is 0 Å². The second-order valence-corrected chi connectivity index (χ2v) is 8.83. The van der Waals surface area contributed by atoms with Gasteiger partial charge in [0.1, 0.15) is 5.82 Å². The molecule has 164 valence electrons. The number of aromatic nitrogens is 3. The summed E-state index contributed by atoms with van der Waals surface area (Å²) in [6.07, 6.45) is 14.1. The van der Waals surface area contributed by atoms with Crippen LogP contribution in [0.15, 0.2) is 66.4 Å². The molecule has 0 spiro atoms. The SMILES string of the molecule is CN1CCN(CC2C=CC(/C=C/c3n[nH]c4cc(-c5ccnc(N)c5)ccc34)=CC2)CC1. The van der Waals surface area contributed by atoms with Crippen LogP contribution in [0.1, 0.15) is 12.1 Å². The standard InChI is InChI=1S/C26H30N6/c1-31-12-14-32(15-13-31)18-20-4-2-19(3-5-20)6-9-24-23-8-7-21(16-25(23)30-29-24)22-10-11-28-26(27)17-22/h2-4,6-11,16-17,20H,5,12-15,18H2,1H3,(H2,27,28)(H,29,30)/b9-6+. The molecule has 1 aliphatic carbocycles. The van der Waals surface area contributed by atoms with E-state index >= 15 is 0 Å². The molecule has 1 saturated heterocycles. The predicted octanol–water partition coefficient (Wildman–Crippen LogP) is 3.97. The second kappa shape index (κ2) is 9.10. The summed E-state index contributed by atoms with van der Waals surface area (Å²) in [5.74, 6) is 1.14. The van der Waals surface area contributed by atoms with E-state index in [0.29, 0.717) is 11.7 Å². The molecule has 0 saturated carbocycles. The quantitative estimate of drug-likeness (QED) is 0.646. The first-order valence-corrected chi connectivity index (χ1v) is 11.3.